The molecule has 26 heteroatoms. The summed E-state index contributed by atoms with van der Waals surface area (Å²) in [5, 5.41) is 40.6. The minimum Gasteiger partial charge on any atom is -0.477 e. The zero-order valence-corrected chi connectivity index (χ0v) is 36.4. The van der Waals surface area contributed by atoms with Crippen molar-refractivity contribution in [1.29, 1.82) is 0 Å². The number of nitrogens with zero attached hydrogens (tertiary/aromatic N) is 10. The summed E-state index contributed by atoms with van der Waals surface area (Å²) in [7, 11) is 0. The van der Waals surface area contributed by atoms with Crippen LogP contribution in [0.1, 0.15) is 20.8 Å². The standard InChI is InChI=1S/C11H12N4O2.2C6H7ClN2O.C5H4N2O3.C5H6N2O.C4H2Cl2N2/c1-2-17-10-6-5-9(13-14-10)15-7-3-4-8(12)11(15)16;2*1-2-10-6-4-3-5(7)8-9-6;8-5-4(7(9)10)2-1-3-6-5;6-4-2-1-3-7-5(4)8;5-3-1-2-4(6)8-7-3/h3-7H,2,12H2,1H3;2*3-4H,2H2,1H3;1-3H,(H,6,8);1-3H,6H2,(H,7,8);1-2H. The smallest absolute Gasteiger partial charge is 0.333 e. The quantitative estimate of drug-likeness (QED) is 0.105. The monoisotopic (exact) mass is 946 g/mol. The van der Waals surface area contributed by atoms with Gasteiger partial charge in [-0.15, -0.1) is 40.8 Å². The van der Waals surface area contributed by atoms with Gasteiger partial charge < -0.3 is 35.6 Å². The molecular formula is C37H38Cl4N14O8. The topological polar surface area (TPSA) is 314 Å². The molecule has 0 aliphatic carbocycles. The molecular weight excluding hydrogens is 910 g/mol. The van der Waals surface area contributed by atoms with Crippen molar-refractivity contribution in [3.8, 4) is 23.5 Å². The van der Waals surface area contributed by atoms with E-state index in [-0.39, 0.29) is 22.5 Å². The largest absolute Gasteiger partial charge is 0.477 e. The zero-order valence-electron chi connectivity index (χ0n) is 33.3. The molecule has 0 radical (unpaired) electrons. The molecule has 7 aromatic heterocycles. The molecule has 0 aliphatic rings. The number of H-pyrrole nitrogens is 2. The highest BCUT2D eigenvalue weighted by Gasteiger charge is 2.08. The van der Waals surface area contributed by atoms with Crippen LogP contribution in [0.15, 0.2) is 118 Å². The summed E-state index contributed by atoms with van der Waals surface area (Å²) in [6.07, 6.45) is 4.47. The highest BCUT2D eigenvalue weighted by atomic mass is 35.5. The van der Waals surface area contributed by atoms with Crippen molar-refractivity contribution in [2.24, 2.45) is 0 Å². The number of nitrogen functional groups attached to an aromatic ring is 2. The van der Waals surface area contributed by atoms with Crippen LogP contribution in [0.25, 0.3) is 5.82 Å². The number of nitro groups is 1. The number of ether oxygens (including phenoxy) is 3. The van der Waals surface area contributed by atoms with Crippen LogP contribution in [-0.2, 0) is 0 Å². The molecule has 0 fully saturated rings. The highest BCUT2D eigenvalue weighted by Crippen LogP contribution is 2.10. The first kappa shape index (κ1) is 51.9. The first-order chi connectivity index (χ1) is 30.2. The maximum Gasteiger partial charge on any atom is 0.333 e. The van der Waals surface area contributed by atoms with E-state index < -0.39 is 16.2 Å². The summed E-state index contributed by atoms with van der Waals surface area (Å²) in [6.45, 7) is 7.34. The van der Waals surface area contributed by atoms with Gasteiger partial charge in [0.1, 0.15) is 0 Å². The van der Waals surface area contributed by atoms with Crippen LogP contribution in [-0.4, -0.2) is 80.1 Å². The third-order valence-electron chi connectivity index (χ3n) is 6.38. The number of aromatic nitrogens is 11. The number of anilines is 2. The Kier molecular flexibility index (Phi) is 23.9. The average Bonchev–Trinajstić information content (AvgIpc) is 3.27. The van der Waals surface area contributed by atoms with Gasteiger partial charge in [-0.2, -0.15) is 0 Å². The number of hydrogen-bond donors (Lipinski definition) is 4. The minimum absolute atomic E-state index is 0.170. The van der Waals surface area contributed by atoms with Crippen molar-refractivity contribution in [1.82, 2.24) is 55.3 Å². The normalized spacial score (nSPS) is 9.51. The number of rotatable bonds is 8. The predicted octanol–water partition coefficient (Wildman–Crippen LogP) is 5.69. The van der Waals surface area contributed by atoms with Crippen LogP contribution in [0.2, 0.25) is 20.6 Å². The van der Waals surface area contributed by atoms with Gasteiger partial charge >= 0.3 is 11.2 Å². The van der Waals surface area contributed by atoms with E-state index in [2.05, 4.69) is 50.8 Å². The Morgan fingerprint density at radius 3 is 1.32 bits per heavy atom. The van der Waals surface area contributed by atoms with E-state index in [9.17, 15) is 24.5 Å². The Morgan fingerprint density at radius 2 is 0.984 bits per heavy atom. The SMILES string of the molecule is CCOc1ccc(-n2cccc(N)c2=O)nn1.CCOc1ccc(Cl)nn1.CCOc1ccc(Cl)nn1.Clc1ccc(Cl)nn1.Nc1ccc[nH]c1=O.O=c1[nH]cccc1[N+](=O)[O-]. The van der Waals surface area contributed by atoms with Crippen LogP contribution in [0.4, 0.5) is 17.1 Å². The molecule has 0 aromatic carbocycles. The van der Waals surface area contributed by atoms with Crippen molar-refractivity contribution in [3.63, 3.8) is 0 Å². The molecule has 0 unspecified atom stereocenters. The first-order valence-electron chi connectivity index (χ1n) is 17.8. The van der Waals surface area contributed by atoms with E-state index in [1.165, 1.54) is 16.8 Å². The summed E-state index contributed by atoms with van der Waals surface area (Å²) in [6, 6.07) is 22.1. The molecule has 0 amide bonds. The Hall–Kier alpha value is -7.27. The van der Waals surface area contributed by atoms with E-state index in [0.717, 1.165) is 6.07 Å². The van der Waals surface area contributed by atoms with E-state index in [0.29, 0.717) is 63.9 Å². The second-order valence-electron chi connectivity index (χ2n) is 10.8. The third kappa shape index (κ3) is 20.7. The van der Waals surface area contributed by atoms with Crippen molar-refractivity contribution < 1.29 is 19.1 Å². The summed E-state index contributed by atoms with van der Waals surface area (Å²) in [5.41, 5.74) is 9.49. The van der Waals surface area contributed by atoms with Gasteiger partial charge in [-0.05, 0) is 81.4 Å². The lowest BCUT2D eigenvalue weighted by atomic mass is 10.4. The number of pyridine rings is 3. The number of nitrogens with one attached hydrogen (secondary N) is 2. The van der Waals surface area contributed by atoms with E-state index in [4.69, 9.17) is 72.1 Å². The second-order valence-corrected chi connectivity index (χ2v) is 12.4. The fraction of sp³-hybridized carbons (Fsp3) is 0.162. The molecule has 0 saturated heterocycles. The number of nitrogens with two attached hydrogens (primary N) is 2. The number of hydrogen-bond acceptors (Lipinski definition) is 18. The molecule has 63 heavy (non-hydrogen) atoms. The molecule has 0 spiro atoms. The summed E-state index contributed by atoms with van der Waals surface area (Å²) < 4.78 is 16.6. The molecule has 7 aromatic rings. The molecule has 22 nitrogen and oxygen atoms in total. The molecule has 0 atom stereocenters. The van der Waals surface area contributed by atoms with Gasteiger partial charge in [0, 0.05) is 42.9 Å². The zero-order chi connectivity index (χ0) is 46.6. The lowest BCUT2D eigenvalue weighted by molar-refractivity contribution is -0.386. The predicted molar refractivity (Wildman–Crippen MR) is 237 cm³/mol. The minimum atomic E-state index is -0.723. The van der Waals surface area contributed by atoms with Gasteiger partial charge in [-0.1, -0.05) is 46.4 Å². The number of halogens is 4. The molecule has 332 valence electrons. The molecule has 0 saturated carbocycles. The molecule has 7 rings (SSSR count). The Morgan fingerprint density at radius 1 is 0.571 bits per heavy atom. The molecule has 6 N–H and O–H groups in total. The average molecular weight is 949 g/mol. The second kappa shape index (κ2) is 29.1. The summed E-state index contributed by atoms with van der Waals surface area (Å²) >= 11 is 21.7. The molecule has 7 heterocycles. The van der Waals surface area contributed by atoms with E-state index in [1.807, 2.05) is 20.8 Å². The van der Waals surface area contributed by atoms with Gasteiger partial charge in [0.05, 0.1) is 36.1 Å². The number of aromatic amines is 2. The fourth-order valence-corrected chi connectivity index (χ4v) is 4.11. The van der Waals surface area contributed by atoms with Crippen LogP contribution >= 0.6 is 46.4 Å². The van der Waals surface area contributed by atoms with Crippen LogP contribution in [0.5, 0.6) is 17.6 Å². The van der Waals surface area contributed by atoms with Gasteiger partial charge in [0.25, 0.3) is 11.1 Å². The Balaban J connectivity index is 0.000000266. The van der Waals surface area contributed by atoms with Gasteiger partial charge in [-0.3, -0.25) is 29.1 Å². The van der Waals surface area contributed by atoms with Crippen LogP contribution in [0, 0.1) is 10.1 Å². The lowest BCUT2D eigenvalue weighted by Gasteiger charge is -2.05. The molecule has 0 bridgehead atoms. The maximum atomic E-state index is 11.7. The molecule has 0 aliphatic heterocycles. The van der Waals surface area contributed by atoms with E-state index >= 15 is 0 Å². The lowest BCUT2D eigenvalue weighted by Crippen LogP contribution is -2.21. The fourth-order valence-electron chi connectivity index (χ4n) is 3.71. The first-order valence-corrected chi connectivity index (χ1v) is 19.3. The van der Waals surface area contributed by atoms with Crippen molar-refractivity contribution in [2.75, 3.05) is 31.3 Å². The van der Waals surface area contributed by atoms with Crippen molar-refractivity contribution in [3.05, 3.63) is 165 Å². The third-order valence-corrected chi connectivity index (χ3v) is 7.19. The van der Waals surface area contributed by atoms with Crippen molar-refractivity contribution >= 4 is 63.5 Å². The summed E-state index contributed by atoms with van der Waals surface area (Å²) in [4.78, 5) is 46.6. The van der Waals surface area contributed by atoms with Crippen LogP contribution in [0.3, 0.4) is 0 Å². The van der Waals surface area contributed by atoms with Crippen LogP contribution < -0.4 is 42.4 Å². The highest BCUT2D eigenvalue weighted by molar-refractivity contribution is 6.31. The van der Waals surface area contributed by atoms with Gasteiger partial charge in [-0.25, -0.2) is 0 Å². The Bertz CT molecular complexity index is 2500. The Labute approximate surface area is 377 Å². The summed E-state index contributed by atoms with van der Waals surface area (Å²) in [5.74, 6) is 1.85. The maximum absolute atomic E-state index is 11.7. The van der Waals surface area contributed by atoms with Crippen molar-refractivity contribution in [2.45, 2.75) is 20.8 Å². The van der Waals surface area contributed by atoms with Gasteiger partial charge in [0.15, 0.2) is 26.4 Å². The van der Waals surface area contributed by atoms with E-state index in [1.54, 1.807) is 85.2 Å². The van der Waals surface area contributed by atoms with Gasteiger partial charge in [0.2, 0.25) is 17.6 Å².